The van der Waals surface area contributed by atoms with Crippen LogP contribution in [0.15, 0.2) is 22.7 Å². The fourth-order valence-electron chi connectivity index (χ4n) is 1.42. The first kappa shape index (κ1) is 12.6. The van der Waals surface area contributed by atoms with Crippen LogP contribution in [0.1, 0.15) is 5.56 Å². The van der Waals surface area contributed by atoms with Gasteiger partial charge in [-0.3, -0.25) is 0 Å². The van der Waals surface area contributed by atoms with Crippen LogP contribution in [0, 0.1) is 0 Å². The third-order valence-corrected chi connectivity index (χ3v) is 2.50. The zero-order valence-corrected chi connectivity index (χ0v) is 9.38. The van der Waals surface area contributed by atoms with E-state index in [1.165, 1.54) is 0 Å². The zero-order valence-electron chi connectivity index (χ0n) is 8.62. The highest BCUT2D eigenvalue weighted by molar-refractivity contribution is 6.32. The highest BCUT2D eigenvalue weighted by Crippen LogP contribution is 2.41. The molecule has 18 heavy (non-hydrogen) atoms. The molecular formula is C10H6ClF3N2O2. The van der Waals surface area contributed by atoms with Crippen molar-refractivity contribution in [3.05, 3.63) is 28.8 Å². The van der Waals surface area contributed by atoms with Crippen molar-refractivity contribution in [2.75, 3.05) is 5.73 Å². The molecule has 0 aliphatic heterocycles. The molecule has 0 amide bonds. The summed E-state index contributed by atoms with van der Waals surface area (Å²) in [5, 5.41) is 12.4. The van der Waals surface area contributed by atoms with Crippen LogP contribution in [0.25, 0.3) is 11.3 Å². The molecule has 2 aromatic rings. The second-order valence-corrected chi connectivity index (χ2v) is 3.87. The first-order valence-corrected chi connectivity index (χ1v) is 4.99. The lowest BCUT2D eigenvalue weighted by Gasteiger charge is -2.12. The maximum Gasteiger partial charge on any atom is 0.417 e. The number of phenols is 1. The van der Waals surface area contributed by atoms with Gasteiger partial charge in [0.2, 0.25) is 5.88 Å². The van der Waals surface area contributed by atoms with E-state index in [0.29, 0.717) is 6.07 Å². The number of rotatable bonds is 1. The summed E-state index contributed by atoms with van der Waals surface area (Å²) < 4.78 is 42.9. The van der Waals surface area contributed by atoms with Crippen LogP contribution in [0.5, 0.6) is 5.75 Å². The number of nitrogens with zero attached hydrogens (tertiary/aromatic N) is 1. The summed E-state index contributed by atoms with van der Waals surface area (Å²) in [4.78, 5) is 0. The number of benzene rings is 1. The lowest BCUT2D eigenvalue weighted by atomic mass is 10.0. The molecule has 0 spiro atoms. The molecule has 0 aliphatic rings. The predicted octanol–water partition coefficient (Wildman–Crippen LogP) is 3.30. The Morgan fingerprint density at radius 3 is 2.44 bits per heavy atom. The normalized spacial score (nSPS) is 11.8. The van der Waals surface area contributed by atoms with E-state index in [0.717, 1.165) is 12.1 Å². The summed E-state index contributed by atoms with van der Waals surface area (Å²) in [7, 11) is 0. The van der Waals surface area contributed by atoms with Crippen molar-refractivity contribution >= 4 is 17.5 Å². The molecule has 8 heteroatoms. The Balaban J connectivity index is 2.69. The molecule has 0 fully saturated rings. The van der Waals surface area contributed by atoms with E-state index >= 15 is 0 Å². The van der Waals surface area contributed by atoms with Crippen molar-refractivity contribution < 1.29 is 22.8 Å². The van der Waals surface area contributed by atoms with Gasteiger partial charge in [-0.25, -0.2) is 0 Å². The Bertz CT molecular complexity index is 595. The average molecular weight is 279 g/mol. The molecule has 0 atom stereocenters. The quantitative estimate of drug-likeness (QED) is 0.839. The molecule has 96 valence electrons. The van der Waals surface area contributed by atoms with Crippen LogP contribution in [0.4, 0.5) is 19.1 Å². The van der Waals surface area contributed by atoms with Gasteiger partial charge in [0.25, 0.3) is 0 Å². The van der Waals surface area contributed by atoms with Gasteiger partial charge < -0.3 is 15.4 Å². The van der Waals surface area contributed by atoms with E-state index in [4.69, 9.17) is 17.3 Å². The number of nitrogen functional groups attached to an aromatic ring is 1. The number of aromatic nitrogens is 1. The van der Waals surface area contributed by atoms with Crippen LogP contribution < -0.4 is 5.73 Å². The summed E-state index contributed by atoms with van der Waals surface area (Å²) in [5.74, 6) is -0.786. The molecule has 0 radical (unpaired) electrons. The van der Waals surface area contributed by atoms with Gasteiger partial charge >= 0.3 is 6.18 Å². The molecule has 1 aromatic carbocycles. The van der Waals surface area contributed by atoms with E-state index in [1.54, 1.807) is 0 Å². The van der Waals surface area contributed by atoms with Gasteiger partial charge in [-0.05, 0) is 12.1 Å². The van der Waals surface area contributed by atoms with Crippen molar-refractivity contribution in [3.63, 3.8) is 0 Å². The Labute approximate surface area is 104 Å². The fourth-order valence-corrected chi connectivity index (χ4v) is 1.59. The first-order valence-electron chi connectivity index (χ1n) is 4.61. The summed E-state index contributed by atoms with van der Waals surface area (Å²) in [6.45, 7) is 0. The van der Waals surface area contributed by atoms with Crippen LogP contribution >= 0.6 is 11.6 Å². The van der Waals surface area contributed by atoms with E-state index in [2.05, 4.69) is 9.68 Å². The number of halogens is 4. The molecule has 0 unspecified atom stereocenters. The van der Waals surface area contributed by atoms with Crippen LogP contribution in [0.3, 0.4) is 0 Å². The molecule has 1 aromatic heterocycles. The second-order valence-electron chi connectivity index (χ2n) is 3.46. The van der Waals surface area contributed by atoms with Gasteiger partial charge in [-0.15, -0.1) is 0 Å². The third-order valence-electron chi connectivity index (χ3n) is 2.20. The molecule has 1 heterocycles. The van der Waals surface area contributed by atoms with Crippen molar-refractivity contribution in [3.8, 4) is 17.0 Å². The number of hydrogen-bond acceptors (Lipinski definition) is 4. The maximum absolute atomic E-state index is 12.8. The minimum atomic E-state index is -4.66. The number of nitrogens with two attached hydrogens (primary N) is 1. The maximum atomic E-state index is 12.8. The first-order chi connectivity index (χ1) is 8.29. The number of aromatic hydroxyl groups is 1. The highest BCUT2D eigenvalue weighted by atomic mass is 35.5. The van der Waals surface area contributed by atoms with Crippen LogP contribution in [-0.4, -0.2) is 10.3 Å². The van der Waals surface area contributed by atoms with Gasteiger partial charge in [0.05, 0.1) is 10.6 Å². The van der Waals surface area contributed by atoms with Crippen LogP contribution in [-0.2, 0) is 6.18 Å². The summed E-state index contributed by atoms with van der Waals surface area (Å²) in [6.07, 6.45) is -4.66. The topological polar surface area (TPSA) is 72.3 Å². The predicted molar refractivity (Wildman–Crippen MR) is 58.0 cm³/mol. The van der Waals surface area contributed by atoms with Gasteiger partial charge in [-0.1, -0.05) is 16.8 Å². The number of hydrogen-bond donors (Lipinski definition) is 2. The average Bonchev–Trinajstić information content (AvgIpc) is 2.67. The standard InChI is InChI=1S/C10H6ClF3N2O2/c11-6-1-4(7-3-9(15)18-16-7)5(2-8(6)17)10(12,13)14/h1-3,17H,15H2. The van der Waals surface area contributed by atoms with E-state index in [1.807, 2.05) is 0 Å². The molecule has 2 rings (SSSR count). The lowest BCUT2D eigenvalue weighted by molar-refractivity contribution is -0.137. The molecule has 0 bridgehead atoms. The number of phenolic OH excluding ortho intramolecular Hbond substituents is 1. The third kappa shape index (κ3) is 2.21. The molecule has 0 saturated carbocycles. The van der Waals surface area contributed by atoms with E-state index < -0.39 is 17.5 Å². The highest BCUT2D eigenvalue weighted by Gasteiger charge is 2.35. The van der Waals surface area contributed by atoms with Gasteiger partial charge in [0, 0.05) is 11.6 Å². The monoisotopic (exact) mass is 278 g/mol. The number of alkyl halides is 3. The minimum absolute atomic E-state index is 0.110. The number of anilines is 1. The SMILES string of the molecule is Nc1cc(-c2cc(Cl)c(O)cc2C(F)(F)F)no1. The molecule has 0 saturated heterocycles. The molecule has 0 aliphatic carbocycles. The van der Waals surface area contributed by atoms with E-state index in [-0.39, 0.29) is 22.2 Å². The van der Waals surface area contributed by atoms with Gasteiger partial charge in [-0.2, -0.15) is 13.2 Å². The zero-order chi connectivity index (χ0) is 13.5. The summed E-state index contributed by atoms with van der Waals surface area (Å²) >= 11 is 5.59. The molecule has 4 nitrogen and oxygen atoms in total. The van der Waals surface area contributed by atoms with Crippen molar-refractivity contribution in [2.45, 2.75) is 6.18 Å². The van der Waals surface area contributed by atoms with Gasteiger partial charge in [0.1, 0.15) is 11.4 Å². The van der Waals surface area contributed by atoms with Crippen molar-refractivity contribution in [2.24, 2.45) is 0 Å². The summed E-state index contributed by atoms with van der Waals surface area (Å²) in [6, 6.07) is 2.62. The Hall–Kier alpha value is -1.89. The minimum Gasteiger partial charge on any atom is -0.506 e. The largest absolute Gasteiger partial charge is 0.506 e. The summed E-state index contributed by atoms with van der Waals surface area (Å²) in [5.41, 5.74) is 3.76. The molecule has 3 N–H and O–H groups in total. The second kappa shape index (κ2) is 4.09. The van der Waals surface area contributed by atoms with Gasteiger partial charge in [0.15, 0.2) is 0 Å². The Morgan fingerprint density at radius 1 is 1.28 bits per heavy atom. The lowest BCUT2D eigenvalue weighted by Crippen LogP contribution is -2.07. The van der Waals surface area contributed by atoms with Crippen molar-refractivity contribution in [1.82, 2.24) is 5.16 Å². The van der Waals surface area contributed by atoms with Crippen LogP contribution in [0.2, 0.25) is 5.02 Å². The smallest absolute Gasteiger partial charge is 0.417 e. The van der Waals surface area contributed by atoms with Crippen molar-refractivity contribution in [1.29, 1.82) is 0 Å². The Kier molecular flexibility index (Phi) is 2.86. The van der Waals surface area contributed by atoms with E-state index in [9.17, 15) is 18.3 Å². The fraction of sp³-hybridized carbons (Fsp3) is 0.100. The molecular weight excluding hydrogens is 273 g/mol. The Morgan fingerprint density at radius 2 is 1.94 bits per heavy atom.